The number of H-pyrrole nitrogens is 1. The number of imidazole rings is 1. The van der Waals surface area contributed by atoms with Crippen LogP contribution < -0.4 is 5.32 Å². The van der Waals surface area contributed by atoms with E-state index in [9.17, 15) is 22.4 Å². The van der Waals surface area contributed by atoms with Crippen molar-refractivity contribution in [2.24, 2.45) is 0 Å². The Hall–Kier alpha value is -3.54. The van der Waals surface area contributed by atoms with Gasteiger partial charge in [0.15, 0.2) is 5.69 Å². The normalized spacial score (nSPS) is 15.9. The van der Waals surface area contributed by atoms with Crippen molar-refractivity contribution in [1.82, 2.24) is 30.0 Å². The maximum Gasteiger partial charge on any atom is 0.434 e. The van der Waals surface area contributed by atoms with Crippen LogP contribution in [0.1, 0.15) is 28.4 Å². The Bertz CT molecular complexity index is 1320. The molecule has 1 amide bonds. The zero-order valence-corrected chi connectivity index (χ0v) is 17.7. The van der Waals surface area contributed by atoms with Crippen molar-refractivity contribution >= 4 is 17.2 Å². The lowest BCUT2D eigenvalue weighted by Gasteiger charge is -2.24. The average molecular weight is 476 g/mol. The predicted molar refractivity (Wildman–Crippen MR) is 112 cm³/mol. The fourth-order valence-corrected chi connectivity index (χ4v) is 4.59. The van der Waals surface area contributed by atoms with E-state index in [0.717, 1.165) is 22.5 Å². The fourth-order valence-electron chi connectivity index (χ4n) is 3.74. The molecule has 170 valence electrons. The van der Waals surface area contributed by atoms with Crippen molar-refractivity contribution in [2.45, 2.75) is 31.6 Å². The zero-order chi connectivity index (χ0) is 23.2. The number of hydrogen-bond acceptors (Lipinski definition) is 5. The number of rotatable bonds is 4. The van der Waals surface area contributed by atoms with E-state index in [-0.39, 0.29) is 28.1 Å². The summed E-state index contributed by atoms with van der Waals surface area (Å²) in [4.78, 5) is 21.0. The van der Waals surface area contributed by atoms with Gasteiger partial charge < -0.3 is 9.88 Å². The molecule has 12 heteroatoms. The first kappa shape index (κ1) is 21.3. The van der Waals surface area contributed by atoms with Gasteiger partial charge in [-0.2, -0.15) is 18.3 Å². The smallest absolute Gasteiger partial charge is 0.347 e. The molecule has 0 saturated carbocycles. The molecule has 2 N–H and O–H groups in total. The molecule has 1 unspecified atom stereocenters. The van der Waals surface area contributed by atoms with Gasteiger partial charge in [-0.05, 0) is 18.6 Å². The number of amides is 1. The summed E-state index contributed by atoms with van der Waals surface area (Å²) < 4.78 is 54.1. The molecule has 33 heavy (non-hydrogen) atoms. The van der Waals surface area contributed by atoms with Crippen LogP contribution in [0.2, 0.25) is 0 Å². The molecule has 0 saturated heterocycles. The van der Waals surface area contributed by atoms with E-state index >= 15 is 0 Å². The number of thiazole rings is 1. The average Bonchev–Trinajstić information content (AvgIpc) is 3.50. The van der Waals surface area contributed by atoms with Gasteiger partial charge in [-0.3, -0.25) is 9.89 Å². The molecule has 0 radical (unpaired) electrons. The summed E-state index contributed by atoms with van der Waals surface area (Å²) in [6.45, 7) is 0.611. The van der Waals surface area contributed by atoms with Crippen LogP contribution in [0, 0.1) is 5.82 Å². The lowest BCUT2D eigenvalue weighted by Crippen LogP contribution is -2.40. The summed E-state index contributed by atoms with van der Waals surface area (Å²) in [6, 6.07) is 5.94. The van der Waals surface area contributed by atoms with Crippen molar-refractivity contribution in [3.8, 4) is 21.8 Å². The SMILES string of the molecule is O=C(NC1CCn2cc(-c3cccc(F)c3)nc2C1)c1[nH]ncc1-c1nc(C(F)(F)F)cs1. The van der Waals surface area contributed by atoms with Crippen LogP contribution in [0.4, 0.5) is 17.6 Å². The Morgan fingerprint density at radius 3 is 2.88 bits per heavy atom. The maximum absolute atomic E-state index is 13.5. The van der Waals surface area contributed by atoms with Gasteiger partial charge in [0.25, 0.3) is 5.91 Å². The van der Waals surface area contributed by atoms with Crippen molar-refractivity contribution in [3.05, 3.63) is 65.1 Å². The lowest BCUT2D eigenvalue weighted by atomic mass is 10.1. The van der Waals surface area contributed by atoms with Gasteiger partial charge in [0.2, 0.25) is 0 Å². The quantitative estimate of drug-likeness (QED) is 0.430. The van der Waals surface area contributed by atoms with Gasteiger partial charge >= 0.3 is 6.18 Å². The number of carbonyl (C=O) groups is 1. The molecule has 1 aliphatic heterocycles. The van der Waals surface area contributed by atoms with Crippen LogP contribution >= 0.6 is 11.3 Å². The van der Waals surface area contributed by atoms with Gasteiger partial charge in [0, 0.05) is 36.1 Å². The highest BCUT2D eigenvalue weighted by Gasteiger charge is 2.34. The van der Waals surface area contributed by atoms with Crippen LogP contribution in [0.25, 0.3) is 21.8 Å². The van der Waals surface area contributed by atoms with Crippen LogP contribution in [0.3, 0.4) is 0 Å². The minimum absolute atomic E-state index is 0.0486. The molecular formula is C21H16F4N6OS. The molecule has 7 nitrogen and oxygen atoms in total. The molecule has 3 aromatic heterocycles. The number of benzene rings is 1. The third kappa shape index (κ3) is 4.25. The Labute approximate surface area is 188 Å². The second-order valence-corrected chi connectivity index (χ2v) is 8.46. The number of nitrogens with zero attached hydrogens (tertiary/aromatic N) is 4. The summed E-state index contributed by atoms with van der Waals surface area (Å²) in [5.74, 6) is -0.0754. The van der Waals surface area contributed by atoms with E-state index in [1.807, 2.05) is 10.8 Å². The Kier molecular flexibility index (Phi) is 5.23. The Morgan fingerprint density at radius 2 is 2.12 bits per heavy atom. The highest BCUT2D eigenvalue weighted by Crippen LogP contribution is 2.34. The minimum Gasteiger partial charge on any atom is -0.347 e. The van der Waals surface area contributed by atoms with Crippen LogP contribution in [-0.4, -0.2) is 36.7 Å². The van der Waals surface area contributed by atoms with Gasteiger partial charge in [-0.25, -0.2) is 14.4 Å². The lowest BCUT2D eigenvalue weighted by molar-refractivity contribution is -0.140. The second kappa shape index (κ2) is 8.10. The highest BCUT2D eigenvalue weighted by atomic mass is 32.1. The number of aromatic nitrogens is 5. The molecule has 0 spiro atoms. The third-order valence-corrected chi connectivity index (χ3v) is 6.23. The van der Waals surface area contributed by atoms with Crippen molar-refractivity contribution < 1.29 is 22.4 Å². The summed E-state index contributed by atoms with van der Waals surface area (Å²) in [5, 5.41) is 10.2. The van der Waals surface area contributed by atoms with E-state index in [4.69, 9.17) is 0 Å². The number of aromatic amines is 1. The number of nitrogens with one attached hydrogen (secondary N) is 2. The Morgan fingerprint density at radius 1 is 1.27 bits per heavy atom. The summed E-state index contributed by atoms with van der Waals surface area (Å²) in [5.41, 5.74) is 0.562. The standard InChI is InChI=1S/C21H16F4N6OS/c22-12-3-1-2-11(6-12)15-9-31-5-4-13(7-17(31)28-15)27-19(32)18-14(8-26-30-18)20-29-16(10-33-20)21(23,24)25/h1-3,6,8-10,13H,4-5,7H2,(H,26,30)(H,27,32). The summed E-state index contributed by atoms with van der Waals surface area (Å²) in [7, 11) is 0. The molecular weight excluding hydrogens is 460 g/mol. The number of hydrogen-bond donors (Lipinski definition) is 2. The minimum atomic E-state index is -4.56. The van der Waals surface area contributed by atoms with E-state index in [1.165, 1.54) is 18.3 Å². The Balaban J connectivity index is 1.31. The highest BCUT2D eigenvalue weighted by molar-refractivity contribution is 7.13. The van der Waals surface area contributed by atoms with E-state index in [2.05, 4.69) is 25.5 Å². The maximum atomic E-state index is 13.5. The van der Waals surface area contributed by atoms with Gasteiger partial charge in [0.05, 0.1) is 17.5 Å². The van der Waals surface area contributed by atoms with Gasteiger partial charge in [0.1, 0.15) is 22.3 Å². The number of aryl methyl sites for hydroxylation is 1. The molecule has 1 aliphatic rings. The largest absolute Gasteiger partial charge is 0.434 e. The van der Waals surface area contributed by atoms with Crippen molar-refractivity contribution in [1.29, 1.82) is 0 Å². The van der Waals surface area contributed by atoms with Crippen LogP contribution in [-0.2, 0) is 19.1 Å². The number of carbonyl (C=O) groups excluding carboxylic acids is 1. The topological polar surface area (TPSA) is 88.5 Å². The number of halogens is 4. The predicted octanol–water partition coefficient (Wildman–Crippen LogP) is 4.30. The second-order valence-electron chi connectivity index (χ2n) is 7.60. The molecule has 0 fully saturated rings. The van der Waals surface area contributed by atoms with Crippen LogP contribution in [0.5, 0.6) is 0 Å². The van der Waals surface area contributed by atoms with E-state index in [0.29, 0.717) is 30.6 Å². The van der Waals surface area contributed by atoms with E-state index < -0.39 is 17.8 Å². The van der Waals surface area contributed by atoms with Gasteiger partial charge in [-0.1, -0.05) is 12.1 Å². The summed E-state index contributed by atoms with van der Waals surface area (Å²) >= 11 is 0.793. The fraction of sp³-hybridized carbons (Fsp3) is 0.238. The number of alkyl halides is 3. The number of fused-ring (bicyclic) bond motifs is 1. The van der Waals surface area contributed by atoms with Crippen LogP contribution in [0.15, 0.2) is 42.0 Å². The molecule has 1 aromatic carbocycles. The molecule has 0 bridgehead atoms. The molecule has 1 atom stereocenters. The molecule has 4 aromatic rings. The van der Waals surface area contributed by atoms with Gasteiger partial charge in [-0.15, -0.1) is 11.3 Å². The monoisotopic (exact) mass is 476 g/mol. The molecule has 4 heterocycles. The first-order valence-corrected chi connectivity index (χ1v) is 10.8. The van der Waals surface area contributed by atoms with Crippen molar-refractivity contribution in [2.75, 3.05) is 0 Å². The molecule has 0 aliphatic carbocycles. The first-order valence-electron chi connectivity index (χ1n) is 9.97. The summed E-state index contributed by atoms with van der Waals surface area (Å²) in [6.07, 6.45) is -0.325. The van der Waals surface area contributed by atoms with Crippen molar-refractivity contribution in [3.63, 3.8) is 0 Å². The molecule has 5 rings (SSSR count). The first-order chi connectivity index (χ1) is 15.8. The third-order valence-electron chi connectivity index (χ3n) is 5.35. The van der Waals surface area contributed by atoms with E-state index in [1.54, 1.807) is 12.1 Å². The zero-order valence-electron chi connectivity index (χ0n) is 16.9.